The number of benzene rings is 2. The molecule has 1 N–H and O–H groups in total. The van der Waals surface area contributed by atoms with E-state index in [1.165, 1.54) is 22.3 Å². The van der Waals surface area contributed by atoms with Crippen molar-refractivity contribution in [3.05, 3.63) is 69.7 Å². The summed E-state index contributed by atoms with van der Waals surface area (Å²) in [6.45, 7) is 9.63. The first-order valence-electron chi connectivity index (χ1n) is 7.62. The minimum atomic E-state index is 0.216. The molecule has 1 unspecified atom stereocenters. The molecular weight excluding hydrogens is 278 g/mol. The van der Waals surface area contributed by atoms with E-state index >= 15 is 0 Å². The third-order valence-electron chi connectivity index (χ3n) is 3.89. The maximum atomic E-state index is 6.08. The van der Waals surface area contributed by atoms with E-state index in [-0.39, 0.29) is 6.04 Å². The molecule has 2 rings (SSSR count). The molecule has 0 fully saturated rings. The molecule has 0 heterocycles. The molecule has 0 bridgehead atoms. The van der Waals surface area contributed by atoms with E-state index in [1.54, 1.807) is 0 Å². The van der Waals surface area contributed by atoms with Gasteiger partial charge >= 0.3 is 0 Å². The van der Waals surface area contributed by atoms with Gasteiger partial charge in [0.2, 0.25) is 0 Å². The minimum absolute atomic E-state index is 0.216. The lowest BCUT2D eigenvalue weighted by Gasteiger charge is -2.21. The summed E-state index contributed by atoms with van der Waals surface area (Å²) in [5, 5.41) is 4.37. The smallest absolute Gasteiger partial charge is 0.0579 e. The Labute approximate surface area is 133 Å². The summed E-state index contributed by atoms with van der Waals surface area (Å²) in [6.07, 6.45) is 0. The molecule has 1 atom stereocenters. The van der Waals surface area contributed by atoms with E-state index in [1.807, 2.05) is 12.1 Å². The molecule has 21 heavy (non-hydrogen) atoms. The summed E-state index contributed by atoms with van der Waals surface area (Å²) in [6, 6.07) is 15.3. The largest absolute Gasteiger partial charge is 0.307 e. The van der Waals surface area contributed by atoms with E-state index in [4.69, 9.17) is 11.6 Å². The number of hydrogen-bond donors (Lipinski definition) is 1. The Morgan fingerprint density at radius 2 is 1.62 bits per heavy atom. The number of halogens is 1. The lowest BCUT2D eigenvalue weighted by Crippen LogP contribution is -2.22. The Kier molecular flexibility index (Phi) is 5.44. The van der Waals surface area contributed by atoms with Gasteiger partial charge in [0.25, 0.3) is 0 Å². The predicted octanol–water partition coefficient (Wildman–Crippen LogP) is 5.47. The summed E-state index contributed by atoms with van der Waals surface area (Å²) in [7, 11) is 0. The average Bonchev–Trinajstić information content (AvgIpc) is 2.46. The maximum absolute atomic E-state index is 6.08. The standard InChI is InChI=1S/C19H24ClN/c1-5-21-19(18-11-10-17(20)12-14(18)4)16-8-6-15(7-9-16)13(2)3/h6-13,19,21H,5H2,1-4H3. The topological polar surface area (TPSA) is 12.0 Å². The first-order chi connectivity index (χ1) is 10.0. The molecule has 0 saturated heterocycles. The van der Waals surface area contributed by atoms with Crippen LogP contribution >= 0.6 is 11.6 Å². The number of nitrogens with one attached hydrogen (secondary N) is 1. The fourth-order valence-corrected chi connectivity index (χ4v) is 2.87. The van der Waals surface area contributed by atoms with Crippen LogP contribution in [0.15, 0.2) is 42.5 Å². The van der Waals surface area contributed by atoms with Gasteiger partial charge in [-0.2, -0.15) is 0 Å². The van der Waals surface area contributed by atoms with Crippen LogP contribution in [0.2, 0.25) is 5.02 Å². The van der Waals surface area contributed by atoms with Crippen molar-refractivity contribution in [1.29, 1.82) is 0 Å². The van der Waals surface area contributed by atoms with Crippen LogP contribution in [-0.2, 0) is 0 Å². The molecule has 0 aliphatic heterocycles. The fraction of sp³-hybridized carbons (Fsp3) is 0.368. The summed E-state index contributed by atoms with van der Waals surface area (Å²) in [5.74, 6) is 0.564. The lowest BCUT2D eigenvalue weighted by atomic mass is 9.93. The van der Waals surface area contributed by atoms with Crippen LogP contribution in [0.5, 0.6) is 0 Å². The molecule has 0 spiro atoms. The van der Waals surface area contributed by atoms with Crippen molar-refractivity contribution in [1.82, 2.24) is 5.32 Å². The highest BCUT2D eigenvalue weighted by atomic mass is 35.5. The van der Waals surface area contributed by atoms with Crippen molar-refractivity contribution in [2.24, 2.45) is 0 Å². The van der Waals surface area contributed by atoms with Crippen LogP contribution in [0.3, 0.4) is 0 Å². The van der Waals surface area contributed by atoms with E-state index in [0.717, 1.165) is 11.6 Å². The molecular formula is C19H24ClN. The van der Waals surface area contributed by atoms with Crippen LogP contribution in [0, 0.1) is 6.92 Å². The number of aryl methyl sites for hydroxylation is 1. The van der Waals surface area contributed by atoms with Crippen LogP contribution < -0.4 is 5.32 Å². The molecule has 0 aliphatic rings. The Morgan fingerprint density at radius 3 is 2.14 bits per heavy atom. The molecule has 1 nitrogen and oxygen atoms in total. The third kappa shape index (κ3) is 3.87. The van der Waals surface area contributed by atoms with Crippen molar-refractivity contribution in [2.75, 3.05) is 6.54 Å². The first kappa shape index (κ1) is 16.1. The Bertz CT molecular complexity index is 587. The molecule has 2 heteroatoms. The van der Waals surface area contributed by atoms with Gasteiger partial charge in [-0.3, -0.25) is 0 Å². The van der Waals surface area contributed by atoms with E-state index in [0.29, 0.717) is 5.92 Å². The van der Waals surface area contributed by atoms with Gasteiger partial charge in [-0.1, -0.05) is 62.7 Å². The predicted molar refractivity (Wildman–Crippen MR) is 92.2 cm³/mol. The molecule has 0 saturated carbocycles. The van der Waals surface area contributed by atoms with Gasteiger partial charge in [0.05, 0.1) is 6.04 Å². The summed E-state index contributed by atoms with van der Waals surface area (Å²) >= 11 is 6.08. The Hall–Kier alpha value is -1.31. The Morgan fingerprint density at radius 1 is 1.00 bits per heavy atom. The zero-order chi connectivity index (χ0) is 15.4. The van der Waals surface area contributed by atoms with Gasteiger partial charge in [0.15, 0.2) is 0 Å². The van der Waals surface area contributed by atoms with Crippen molar-refractivity contribution >= 4 is 11.6 Å². The summed E-state index contributed by atoms with van der Waals surface area (Å²) < 4.78 is 0. The highest BCUT2D eigenvalue weighted by Gasteiger charge is 2.15. The molecule has 2 aromatic rings. The van der Waals surface area contributed by atoms with Crippen molar-refractivity contribution in [3.63, 3.8) is 0 Å². The van der Waals surface area contributed by atoms with Crippen molar-refractivity contribution in [2.45, 2.75) is 39.7 Å². The second-order valence-corrected chi connectivity index (χ2v) is 6.25. The normalized spacial score (nSPS) is 12.7. The minimum Gasteiger partial charge on any atom is -0.307 e. The van der Waals surface area contributed by atoms with E-state index in [2.05, 4.69) is 63.3 Å². The molecule has 0 aliphatic carbocycles. The maximum Gasteiger partial charge on any atom is 0.0579 e. The number of hydrogen-bond acceptors (Lipinski definition) is 1. The molecule has 112 valence electrons. The van der Waals surface area contributed by atoms with Gasteiger partial charge in [0, 0.05) is 5.02 Å². The second kappa shape index (κ2) is 7.11. The monoisotopic (exact) mass is 301 g/mol. The summed E-state index contributed by atoms with van der Waals surface area (Å²) in [4.78, 5) is 0. The van der Waals surface area contributed by atoms with Gasteiger partial charge in [0.1, 0.15) is 0 Å². The highest BCUT2D eigenvalue weighted by Crippen LogP contribution is 2.28. The third-order valence-corrected chi connectivity index (χ3v) is 4.12. The van der Waals surface area contributed by atoms with Crippen molar-refractivity contribution in [3.8, 4) is 0 Å². The zero-order valence-corrected chi connectivity index (χ0v) is 14.0. The van der Waals surface area contributed by atoms with E-state index < -0.39 is 0 Å². The molecule has 0 aromatic heterocycles. The quantitative estimate of drug-likeness (QED) is 0.772. The van der Waals surface area contributed by atoms with Crippen LogP contribution in [0.4, 0.5) is 0 Å². The van der Waals surface area contributed by atoms with Crippen LogP contribution in [0.1, 0.15) is 55.0 Å². The molecule has 0 amide bonds. The SMILES string of the molecule is CCNC(c1ccc(C(C)C)cc1)c1ccc(Cl)cc1C. The lowest BCUT2D eigenvalue weighted by molar-refractivity contribution is 0.627. The molecule has 0 radical (unpaired) electrons. The second-order valence-electron chi connectivity index (χ2n) is 5.81. The van der Waals surface area contributed by atoms with Gasteiger partial charge in [-0.25, -0.2) is 0 Å². The van der Waals surface area contributed by atoms with Crippen LogP contribution in [0.25, 0.3) is 0 Å². The fourth-order valence-electron chi connectivity index (χ4n) is 2.65. The number of rotatable bonds is 5. The average molecular weight is 302 g/mol. The van der Waals surface area contributed by atoms with Gasteiger partial charge in [-0.15, -0.1) is 0 Å². The first-order valence-corrected chi connectivity index (χ1v) is 8.00. The van der Waals surface area contributed by atoms with Crippen LogP contribution in [-0.4, -0.2) is 6.54 Å². The molecule has 2 aromatic carbocycles. The van der Waals surface area contributed by atoms with Crippen molar-refractivity contribution < 1.29 is 0 Å². The zero-order valence-electron chi connectivity index (χ0n) is 13.3. The summed E-state index contributed by atoms with van der Waals surface area (Å²) in [5.41, 5.74) is 5.19. The highest BCUT2D eigenvalue weighted by molar-refractivity contribution is 6.30. The van der Waals surface area contributed by atoms with Gasteiger partial charge in [-0.05, 0) is 53.8 Å². The Balaban J connectivity index is 2.38. The van der Waals surface area contributed by atoms with Gasteiger partial charge < -0.3 is 5.32 Å². The van der Waals surface area contributed by atoms with E-state index in [9.17, 15) is 0 Å².